The van der Waals surface area contributed by atoms with Crippen molar-refractivity contribution in [2.24, 2.45) is 0 Å². The Balaban J connectivity index is 4.89. The van der Waals surface area contributed by atoms with Crippen LogP contribution in [0.3, 0.4) is 0 Å². The van der Waals surface area contributed by atoms with Crippen molar-refractivity contribution < 1.29 is 19.6 Å². The van der Waals surface area contributed by atoms with Crippen LogP contribution in [0.25, 0.3) is 0 Å². The van der Waals surface area contributed by atoms with Crippen LogP contribution in [0, 0.1) is 0 Å². The smallest absolute Gasteiger partial charge is 0.119 e. The lowest BCUT2D eigenvalue weighted by molar-refractivity contribution is -0.394. The second kappa shape index (κ2) is 7.91. The molecule has 0 aliphatic heterocycles. The zero-order valence-electron chi connectivity index (χ0n) is 16.2. The van der Waals surface area contributed by atoms with Gasteiger partial charge in [0.25, 0.3) is 0 Å². The molecule has 2 atom stereocenters. The minimum absolute atomic E-state index is 0.343. The largest absolute Gasteiger partial charge is 0.230 e. The lowest BCUT2D eigenvalue weighted by Crippen LogP contribution is -2.34. The quantitative estimate of drug-likeness (QED) is 0.342. The highest BCUT2D eigenvalue weighted by molar-refractivity contribution is 5.06. The van der Waals surface area contributed by atoms with Gasteiger partial charge in [0.05, 0.1) is 11.2 Å². The Labute approximate surface area is 137 Å². The molecule has 4 nitrogen and oxygen atoms in total. The van der Waals surface area contributed by atoms with Crippen LogP contribution in [0.15, 0.2) is 12.2 Å². The van der Waals surface area contributed by atoms with Crippen LogP contribution in [0.4, 0.5) is 0 Å². The van der Waals surface area contributed by atoms with E-state index in [0.29, 0.717) is 0 Å². The summed E-state index contributed by atoms with van der Waals surface area (Å²) in [5.41, 5.74) is -1.70. The van der Waals surface area contributed by atoms with Crippen LogP contribution in [0.5, 0.6) is 0 Å². The van der Waals surface area contributed by atoms with Crippen LogP contribution in [0.1, 0.15) is 82.1 Å². The van der Waals surface area contributed by atoms with Gasteiger partial charge in [-0.1, -0.05) is 26.0 Å². The van der Waals surface area contributed by atoms with Gasteiger partial charge < -0.3 is 0 Å². The second-order valence-corrected chi connectivity index (χ2v) is 8.22. The van der Waals surface area contributed by atoms with Crippen molar-refractivity contribution >= 4 is 0 Å². The summed E-state index contributed by atoms with van der Waals surface area (Å²) in [6.07, 6.45) is 5.57. The van der Waals surface area contributed by atoms with Gasteiger partial charge in [0, 0.05) is 0 Å². The molecule has 0 aliphatic rings. The SMILES string of the molecule is CCC(C)(C=CC(C)(CC)OOC(C)(C)C)OOC(C)(C)C. The molecule has 0 rings (SSSR count). The summed E-state index contributed by atoms with van der Waals surface area (Å²) >= 11 is 0. The molecule has 0 aliphatic carbocycles. The molecule has 0 saturated heterocycles. The first-order valence-corrected chi connectivity index (χ1v) is 8.18. The predicted octanol–water partition coefficient (Wildman–Crippen LogP) is 5.37. The third-order valence-corrected chi connectivity index (χ3v) is 3.16. The average Bonchev–Trinajstić information content (AvgIpc) is 2.39. The lowest BCUT2D eigenvalue weighted by Gasteiger charge is -2.31. The van der Waals surface area contributed by atoms with E-state index in [-0.39, 0.29) is 11.2 Å². The normalized spacial score (nSPS) is 19.2. The zero-order chi connectivity index (χ0) is 17.7. The van der Waals surface area contributed by atoms with E-state index < -0.39 is 11.2 Å². The summed E-state index contributed by atoms with van der Waals surface area (Å²) in [6, 6.07) is 0. The molecule has 132 valence electrons. The van der Waals surface area contributed by atoms with Crippen molar-refractivity contribution in [2.75, 3.05) is 0 Å². The second-order valence-electron chi connectivity index (χ2n) is 8.22. The number of rotatable bonds is 8. The molecule has 0 aromatic heterocycles. The fourth-order valence-corrected chi connectivity index (χ4v) is 1.20. The van der Waals surface area contributed by atoms with E-state index in [9.17, 15) is 0 Å². The first-order valence-electron chi connectivity index (χ1n) is 8.18. The van der Waals surface area contributed by atoms with Crippen molar-refractivity contribution in [1.29, 1.82) is 0 Å². The molecule has 0 spiro atoms. The van der Waals surface area contributed by atoms with E-state index in [2.05, 4.69) is 13.8 Å². The van der Waals surface area contributed by atoms with Crippen LogP contribution < -0.4 is 0 Å². The molecule has 0 radical (unpaired) electrons. The maximum atomic E-state index is 5.65. The summed E-state index contributed by atoms with van der Waals surface area (Å²) in [5, 5.41) is 0. The number of hydrogen-bond donors (Lipinski definition) is 0. The van der Waals surface area contributed by atoms with Gasteiger partial charge in [-0.05, 0) is 68.2 Å². The Kier molecular flexibility index (Phi) is 7.76. The molecule has 4 heteroatoms. The summed E-state index contributed by atoms with van der Waals surface area (Å²) in [4.78, 5) is 22.2. The number of hydrogen-bond acceptors (Lipinski definition) is 4. The Morgan fingerprint density at radius 1 is 0.545 bits per heavy atom. The summed E-state index contributed by atoms with van der Waals surface area (Å²) in [5.74, 6) is 0. The van der Waals surface area contributed by atoms with Crippen LogP contribution >= 0.6 is 0 Å². The van der Waals surface area contributed by atoms with E-state index in [1.54, 1.807) is 0 Å². The first kappa shape index (κ1) is 21.6. The third-order valence-electron chi connectivity index (χ3n) is 3.16. The van der Waals surface area contributed by atoms with E-state index in [1.807, 2.05) is 67.5 Å². The molecule has 0 saturated carbocycles. The molecule has 0 amide bonds. The maximum Gasteiger partial charge on any atom is 0.119 e. The Morgan fingerprint density at radius 2 is 0.818 bits per heavy atom. The minimum Gasteiger partial charge on any atom is -0.230 e. The van der Waals surface area contributed by atoms with Gasteiger partial charge >= 0.3 is 0 Å². The highest BCUT2D eigenvalue weighted by Crippen LogP contribution is 2.26. The van der Waals surface area contributed by atoms with Crippen molar-refractivity contribution in [3.05, 3.63) is 12.2 Å². The van der Waals surface area contributed by atoms with Gasteiger partial charge in [0.2, 0.25) is 0 Å². The highest BCUT2D eigenvalue weighted by Gasteiger charge is 2.29. The summed E-state index contributed by atoms with van der Waals surface area (Å²) in [6.45, 7) is 19.9. The third kappa shape index (κ3) is 9.57. The molecule has 2 unspecified atom stereocenters. The van der Waals surface area contributed by atoms with Crippen molar-refractivity contribution in [3.8, 4) is 0 Å². The fourth-order valence-electron chi connectivity index (χ4n) is 1.20. The lowest BCUT2D eigenvalue weighted by atomic mass is 9.96. The van der Waals surface area contributed by atoms with Crippen LogP contribution in [0.2, 0.25) is 0 Å². The van der Waals surface area contributed by atoms with Gasteiger partial charge in [0.15, 0.2) is 0 Å². The van der Waals surface area contributed by atoms with Crippen LogP contribution in [-0.2, 0) is 19.6 Å². The molecule has 22 heavy (non-hydrogen) atoms. The molecule has 0 aromatic rings. The Morgan fingerprint density at radius 3 is 1.00 bits per heavy atom. The molecular weight excluding hydrogens is 280 g/mol. The zero-order valence-corrected chi connectivity index (χ0v) is 16.2. The highest BCUT2D eigenvalue weighted by atomic mass is 17.2. The van der Waals surface area contributed by atoms with Gasteiger partial charge in [-0.2, -0.15) is 0 Å². The van der Waals surface area contributed by atoms with Crippen LogP contribution in [-0.4, -0.2) is 22.4 Å². The van der Waals surface area contributed by atoms with E-state index in [0.717, 1.165) is 12.8 Å². The topological polar surface area (TPSA) is 36.9 Å². The van der Waals surface area contributed by atoms with Crippen molar-refractivity contribution in [3.63, 3.8) is 0 Å². The standard InChI is InChI=1S/C18H36O4/c1-11-17(9,21-19-15(3,4)5)13-14-18(10,12-2)22-20-16(6,7)8/h13-14H,11-12H2,1-10H3. The Hall–Kier alpha value is -0.420. The van der Waals surface area contributed by atoms with E-state index in [1.165, 1.54) is 0 Å². The van der Waals surface area contributed by atoms with Gasteiger partial charge in [-0.25, -0.2) is 19.6 Å². The van der Waals surface area contributed by atoms with Gasteiger partial charge in [-0.3, -0.25) is 0 Å². The van der Waals surface area contributed by atoms with Gasteiger partial charge in [-0.15, -0.1) is 0 Å². The molecular formula is C18H36O4. The first-order chi connectivity index (χ1) is 9.74. The average molecular weight is 316 g/mol. The van der Waals surface area contributed by atoms with E-state index in [4.69, 9.17) is 19.6 Å². The molecule has 0 fully saturated rings. The van der Waals surface area contributed by atoms with Crippen molar-refractivity contribution in [2.45, 2.75) is 104 Å². The van der Waals surface area contributed by atoms with Gasteiger partial charge in [0.1, 0.15) is 11.2 Å². The summed E-state index contributed by atoms with van der Waals surface area (Å²) < 4.78 is 0. The minimum atomic E-state index is -0.505. The Bertz CT molecular complexity index is 317. The summed E-state index contributed by atoms with van der Waals surface area (Å²) in [7, 11) is 0. The fraction of sp³-hybridized carbons (Fsp3) is 0.889. The molecule has 0 N–H and O–H groups in total. The molecule has 0 aromatic carbocycles. The van der Waals surface area contributed by atoms with E-state index >= 15 is 0 Å². The maximum absolute atomic E-state index is 5.65. The van der Waals surface area contributed by atoms with Crippen molar-refractivity contribution in [1.82, 2.24) is 0 Å². The monoisotopic (exact) mass is 316 g/mol. The molecule has 0 bridgehead atoms. The molecule has 0 heterocycles. The predicted molar refractivity (Wildman–Crippen MR) is 90.4 cm³/mol.